The van der Waals surface area contributed by atoms with Crippen LogP contribution in [0.25, 0.3) is 0 Å². The Kier molecular flexibility index (Phi) is 5.64. The lowest BCUT2D eigenvalue weighted by molar-refractivity contribution is 0.193. The Bertz CT molecular complexity index is 552. The van der Waals surface area contributed by atoms with Crippen LogP contribution in [0.4, 0.5) is 4.79 Å². The summed E-state index contributed by atoms with van der Waals surface area (Å²) in [6, 6.07) is 18.3. The summed E-state index contributed by atoms with van der Waals surface area (Å²) in [7, 11) is 0. The van der Waals surface area contributed by atoms with Crippen molar-refractivity contribution in [3.8, 4) is 5.75 Å². The summed E-state index contributed by atoms with van der Waals surface area (Å²) in [5, 5.41) is 10.7. The molecule has 0 aromatic heterocycles. The molecule has 2 N–H and O–H groups in total. The number of hydrogen-bond donors (Lipinski definition) is 2. The van der Waals surface area contributed by atoms with Crippen molar-refractivity contribution in [3.05, 3.63) is 65.7 Å². The molecule has 110 valence electrons. The Morgan fingerprint density at radius 3 is 2.33 bits per heavy atom. The maximum absolute atomic E-state index is 10.3. The number of amides is 1. The van der Waals surface area contributed by atoms with Crippen LogP contribution in [0.1, 0.15) is 17.5 Å². The van der Waals surface area contributed by atoms with Crippen LogP contribution in [0, 0.1) is 0 Å². The van der Waals surface area contributed by atoms with Crippen molar-refractivity contribution in [3.63, 3.8) is 0 Å². The van der Waals surface area contributed by atoms with Gasteiger partial charge in [-0.1, -0.05) is 42.5 Å². The predicted molar refractivity (Wildman–Crippen MR) is 81.8 cm³/mol. The minimum atomic E-state index is -1.000. The summed E-state index contributed by atoms with van der Waals surface area (Å²) in [5.74, 6) is 0.808. The maximum Gasteiger partial charge on any atom is 0.404 e. The minimum absolute atomic E-state index is 0.404. The summed E-state index contributed by atoms with van der Waals surface area (Å²) in [4.78, 5) is 10.3. The van der Waals surface area contributed by atoms with E-state index in [0.29, 0.717) is 19.6 Å². The van der Waals surface area contributed by atoms with Crippen molar-refractivity contribution in [1.29, 1.82) is 0 Å². The van der Waals surface area contributed by atoms with Crippen molar-refractivity contribution in [2.24, 2.45) is 0 Å². The summed E-state index contributed by atoms with van der Waals surface area (Å²) in [6.07, 6.45) is 0.558. The fourth-order valence-corrected chi connectivity index (χ4v) is 1.99. The fraction of sp³-hybridized carbons (Fsp3) is 0.235. The van der Waals surface area contributed by atoms with Crippen LogP contribution in [0.3, 0.4) is 0 Å². The van der Waals surface area contributed by atoms with E-state index < -0.39 is 6.09 Å². The SMILES string of the molecule is O=C(O)NCCCOc1ccc(Cc2ccccc2)cc1. The lowest BCUT2D eigenvalue weighted by atomic mass is 10.1. The molecule has 0 saturated heterocycles. The van der Waals surface area contributed by atoms with Crippen molar-refractivity contribution in [1.82, 2.24) is 5.32 Å². The average Bonchev–Trinajstić information content (AvgIpc) is 2.49. The molecule has 0 aliphatic carbocycles. The molecular formula is C17H19NO3. The van der Waals surface area contributed by atoms with E-state index in [1.165, 1.54) is 11.1 Å². The topological polar surface area (TPSA) is 58.6 Å². The Labute approximate surface area is 124 Å². The van der Waals surface area contributed by atoms with Gasteiger partial charge in [0.05, 0.1) is 6.61 Å². The van der Waals surface area contributed by atoms with Gasteiger partial charge in [-0.2, -0.15) is 0 Å². The Morgan fingerprint density at radius 1 is 1.00 bits per heavy atom. The van der Waals surface area contributed by atoms with Gasteiger partial charge in [0.25, 0.3) is 0 Å². The first-order valence-electron chi connectivity index (χ1n) is 6.96. The number of rotatable bonds is 7. The normalized spacial score (nSPS) is 10.1. The molecular weight excluding hydrogens is 266 g/mol. The Morgan fingerprint density at radius 2 is 1.67 bits per heavy atom. The quantitative estimate of drug-likeness (QED) is 0.767. The molecule has 0 atom stereocenters. The standard InChI is InChI=1S/C17H19NO3/c19-17(20)18-11-4-12-21-16-9-7-15(8-10-16)13-14-5-2-1-3-6-14/h1-3,5-10,18H,4,11-13H2,(H,19,20). The number of ether oxygens (including phenoxy) is 1. The van der Waals surface area contributed by atoms with Crippen LogP contribution >= 0.6 is 0 Å². The molecule has 0 spiro atoms. The second-order valence-corrected chi connectivity index (χ2v) is 4.74. The van der Waals surface area contributed by atoms with Crippen molar-refractivity contribution < 1.29 is 14.6 Å². The Hall–Kier alpha value is -2.49. The first kappa shape index (κ1) is 14.9. The molecule has 0 aliphatic heterocycles. The van der Waals surface area contributed by atoms with E-state index in [0.717, 1.165) is 12.2 Å². The number of nitrogens with one attached hydrogen (secondary N) is 1. The highest BCUT2D eigenvalue weighted by Gasteiger charge is 1.98. The molecule has 0 aliphatic rings. The van der Waals surface area contributed by atoms with Crippen LogP contribution in [0.5, 0.6) is 5.75 Å². The molecule has 0 fully saturated rings. The lowest BCUT2D eigenvalue weighted by Crippen LogP contribution is -2.23. The summed E-state index contributed by atoms with van der Waals surface area (Å²) in [6.45, 7) is 0.903. The second kappa shape index (κ2) is 7.94. The molecule has 0 heterocycles. The second-order valence-electron chi connectivity index (χ2n) is 4.74. The van der Waals surface area contributed by atoms with Crippen LogP contribution < -0.4 is 10.1 Å². The molecule has 0 unspecified atom stereocenters. The zero-order valence-electron chi connectivity index (χ0n) is 11.8. The van der Waals surface area contributed by atoms with Gasteiger partial charge in [0, 0.05) is 6.54 Å². The van der Waals surface area contributed by atoms with Gasteiger partial charge < -0.3 is 15.2 Å². The lowest BCUT2D eigenvalue weighted by Gasteiger charge is -2.07. The van der Waals surface area contributed by atoms with Crippen molar-refractivity contribution in [2.75, 3.05) is 13.2 Å². The summed E-state index contributed by atoms with van der Waals surface area (Å²) in [5.41, 5.74) is 2.52. The molecule has 4 heteroatoms. The third-order valence-corrected chi connectivity index (χ3v) is 3.04. The zero-order chi connectivity index (χ0) is 14.9. The monoisotopic (exact) mass is 285 g/mol. The van der Waals surface area contributed by atoms with Gasteiger partial charge >= 0.3 is 6.09 Å². The minimum Gasteiger partial charge on any atom is -0.494 e. The molecule has 0 bridgehead atoms. The van der Waals surface area contributed by atoms with Crippen LogP contribution in [0.15, 0.2) is 54.6 Å². The van der Waals surface area contributed by atoms with E-state index in [9.17, 15) is 4.79 Å². The maximum atomic E-state index is 10.3. The highest BCUT2D eigenvalue weighted by Crippen LogP contribution is 2.15. The highest BCUT2D eigenvalue weighted by atomic mass is 16.5. The van der Waals surface area contributed by atoms with E-state index in [1.54, 1.807) is 0 Å². The van der Waals surface area contributed by atoms with Gasteiger partial charge in [-0.05, 0) is 36.1 Å². The zero-order valence-corrected chi connectivity index (χ0v) is 11.8. The van der Waals surface area contributed by atoms with Gasteiger partial charge in [0.15, 0.2) is 0 Å². The molecule has 2 rings (SSSR count). The summed E-state index contributed by atoms with van der Waals surface area (Å²) < 4.78 is 5.56. The van der Waals surface area contributed by atoms with Crippen LogP contribution in [-0.4, -0.2) is 24.4 Å². The van der Waals surface area contributed by atoms with Crippen LogP contribution in [0.2, 0.25) is 0 Å². The number of carboxylic acid groups (broad SMARTS) is 1. The first-order valence-corrected chi connectivity index (χ1v) is 6.96. The highest BCUT2D eigenvalue weighted by molar-refractivity contribution is 5.64. The van der Waals surface area contributed by atoms with E-state index in [2.05, 4.69) is 29.6 Å². The number of benzene rings is 2. The third kappa shape index (κ3) is 5.57. The first-order chi connectivity index (χ1) is 10.2. The van der Waals surface area contributed by atoms with E-state index in [1.807, 2.05) is 30.3 Å². The van der Waals surface area contributed by atoms with Gasteiger partial charge in [0.2, 0.25) is 0 Å². The smallest absolute Gasteiger partial charge is 0.404 e. The molecule has 0 saturated carbocycles. The summed E-state index contributed by atoms with van der Waals surface area (Å²) >= 11 is 0. The van der Waals surface area contributed by atoms with Crippen molar-refractivity contribution >= 4 is 6.09 Å². The number of hydrogen-bond acceptors (Lipinski definition) is 2. The predicted octanol–water partition coefficient (Wildman–Crippen LogP) is 3.31. The van der Waals surface area contributed by atoms with Gasteiger partial charge in [0.1, 0.15) is 5.75 Å². The van der Waals surface area contributed by atoms with Crippen molar-refractivity contribution in [2.45, 2.75) is 12.8 Å². The molecule has 2 aromatic rings. The third-order valence-electron chi connectivity index (χ3n) is 3.04. The van der Waals surface area contributed by atoms with Gasteiger partial charge in [-0.25, -0.2) is 4.79 Å². The molecule has 21 heavy (non-hydrogen) atoms. The fourth-order valence-electron chi connectivity index (χ4n) is 1.99. The largest absolute Gasteiger partial charge is 0.494 e. The van der Waals surface area contributed by atoms with Gasteiger partial charge in [-0.3, -0.25) is 0 Å². The Balaban J connectivity index is 1.75. The molecule has 0 radical (unpaired) electrons. The molecule has 2 aromatic carbocycles. The average molecular weight is 285 g/mol. The van der Waals surface area contributed by atoms with E-state index in [-0.39, 0.29) is 0 Å². The van der Waals surface area contributed by atoms with Crippen LogP contribution in [-0.2, 0) is 6.42 Å². The number of carbonyl (C=O) groups is 1. The van der Waals surface area contributed by atoms with Gasteiger partial charge in [-0.15, -0.1) is 0 Å². The van der Waals surface area contributed by atoms with E-state index in [4.69, 9.17) is 9.84 Å². The molecule has 4 nitrogen and oxygen atoms in total. The molecule has 1 amide bonds. The van der Waals surface area contributed by atoms with E-state index >= 15 is 0 Å².